The Hall–Kier alpha value is -3.13. The molecule has 1 aliphatic heterocycles. The third kappa shape index (κ3) is 7.34. The van der Waals surface area contributed by atoms with Crippen molar-refractivity contribution in [1.29, 1.82) is 0 Å². The van der Waals surface area contributed by atoms with Crippen LogP contribution in [0.15, 0.2) is 66.2 Å². The molecule has 2 aromatic rings. The maximum atomic E-state index is 13.8. The summed E-state index contributed by atoms with van der Waals surface area (Å²) in [6.07, 6.45) is 1.44. The third-order valence-electron chi connectivity index (χ3n) is 9.66. The second-order valence-corrected chi connectivity index (χ2v) is 13.4. The molecule has 0 bridgehead atoms. The van der Waals surface area contributed by atoms with E-state index in [0.29, 0.717) is 25.8 Å². The van der Waals surface area contributed by atoms with Gasteiger partial charge in [0.15, 0.2) is 0 Å². The van der Waals surface area contributed by atoms with E-state index in [1.165, 1.54) is 4.90 Å². The predicted molar refractivity (Wildman–Crippen MR) is 161 cm³/mol. The van der Waals surface area contributed by atoms with Gasteiger partial charge in [0.25, 0.3) is 0 Å². The molecule has 1 saturated heterocycles. The summed E-state index contributed by atoms with van der Waals surface area (Å²) >= 11 is 0. The molecule has 2 aromatic carbocycles. The lowest BCUT2D eigenvalue weighted by molar-refractivity contribution is -0.194. The van der Waals surface area contributed by atoms with E-state index >= 15 is 0 Å². The number of ether oxygens (including phenoxy) is 1. The quantitative estimate of drug-likeness (QED) is 0.271. The van der Waals surface area contributed by atoms with E-state index in [9.17, 15) is 22.8 Å². The van der Waals surface area contributed by atoms with Crippen LogP contribution >= 0.6 is 0 Å². The predicted octanol–water partition coefficient (Wildman–Crippen LogP) is 7.27. The van der Waals surface area contributed by atoms with Crippen molar-refractivity contribution < 1.29 is 27.5 Å². The molecule has 1 spiro atoms. The summed E-state index contributed by atoms with van der Waals surface area (Å²) in [6, 6.07) is 18.6. The normalized spacial score (nSPS) is 22.6. The summed E-state index contributed by atoms with van der Waals surface area (Å²) < 4.78 is 46.9. The van der Waals surface area contributed by atoms with Crippen LogP contribution in [0, 0.1) is 16.7 Å². The number of alkyl halides is 3. The molecule has 1 heterocycles. The highest BCUT2D eigenvalue weighted by Crippen LogP contribution is 2.55. The van der Waals surface area contributed by atoms with Gasteiger partial charge in [0.1, 0.15) is 6.61 Å². The number of carbonyl (C=O) groups excluding carboxylic acids is 2. The van der Waals surface area contributed by atoms with Gasteiger partial charge in [-0.25, -0.2) is 0 Å². The van der Waals surface area contributed by atoms with Crippen LogP contribution in [0.1, 0.15) is 70.4 Å². The Labute approximate surface area is 253 Å². The molecule has 3 aliphatic rings. The van der Waals surface area contributed by atoms with Crippen LogP contribution in [-0.4, -0.2) is 59.6 Å². The number of nitrogens with zero attached hydrogens (tertiary/aromatic N) is 2. The lowest BCUT2D eigenvalue weighted by atomic mass is 9.59. The lowest BCUT2D eigenvalue weighted by Gasteiger charge is -2.55. The fourth-order valence-corrected chi connectivity index (χ4v) is 7.13. The standard InChI is InChI=1S/C35H43F3N2O3/c1-4-27(19-25-11-7-5-8-12-25)29-20-30(29)40(31(41)35(36,37)38)28-21-34(22-28)15-17-39(18-16-34)24-33(2,3)32(42)43-23-26-13-9-6-10-14-26/h5-14,19,28-30H,4,15-18,20-24H2,1-3H3. The van der Waals surface area contributed by atoms with Crippen LogP contribution in [0.5, 0.6) is 0 Å². The van der Waals surface area contributed by atoms with Gasteiger partial charge in [0.2, 0.25) is 0 Å². The second-order valence-electron chi connectivity index (χ2n) is 13.4. The Morgan fingerprint density at radius 1 is 1.00 bits per heavy atom. The summed E-state index contributed by atoms with van der Waals surface area (Å²) in [7, 11) is 0. The first kappa shape index (κ1) is 31.3. The highest BCUT2D eigenvalue weighted by Gasteiger charge is 2.59. The van der Waals surface area contributed by atoms with E-state index in [1.807, 2.05) is 81.4 Å². The average molecular weight is 597 g/mol. The van der Waals surface area contributed by atoms with Crippen molar-refractivity contribution in [2.75, 3.05) is 19.6 Å². The van der Waals surface area contributed by atoms with Crippen LogP contribution in [0.2, 0.25) is 0 Å². The second kappa shape index (κ2) is 12.5. The van der Waals surface area contributed by atoms with Gasteiger partial charge in [0, 0.05) is 24.5 Å². The number of piperidine rings is 1. The van der Waals surface area contributed by atoms with E-state index in [0.717, 1.165) is 49.1 Å². The number of amides is 1. The number of hydrogen-bond acceptors (Lipinski definition) is 4. The van der Waals surface area contributed by atoms with Crippen molar-refractivity contribution in [2.24, 2.45) is 16.7 Å². The van der Waals surface area contributed by atoms with Crippen LogP contribution < -0.4 is 0 Å². The van der Waals surface area contributed by atoms with Gasteiger partial charge in [-0.3, -0.25) is 9.59 Å². The smallest absolute Gasteiger partial charge is 0.460 e. The van der Waals surface area contributed by atoms with Gasteiger partial charge in [-0.1, -0.05) is 79.2 Å². The highest BCUT2D eigenvalue weighted by molar-refractivity contribution is 5.83. The molecule has 5 rings (SSSR count). The van der Waals surface area contributed by atoms with Crippen LogP contribution in [-0.2, 0) is 20.9 Å². The first-order valence-electron chi connectivity index (χ1n) is 15.5. The van der Waals surface area contributed by atoms with Crippen molar-refractivity contribution >= 4 is 18.0 Å². The molecule has 2 unspecified atom stereocenters. The molecule has 1 amide bonds. The van der Waals surface area contributed by atoms with Crippen molar-refractivity contribution in [3.63, 3.8) is 0 Å². The van der Waals surface area contributed by atoms with Crippen LogP contribution in [0.3, 0.4) is 0 Å². The first-order chi connectivity index (χ1) is 20.4. The first-order valence-corrected chi connectivity index (χ1v) is 15.5. The Kier molecular flexibility index (Phi) is 9.07. The number of carbonyl (C=O) groups is 2. The summed E-state index contributed by atoms with van der Waals surface area (Å²) in [5.74, 6) is -1.96. The molecule has 8 heteroatoms. The molecule has 0 N–H and O–H groups in total. The maximum absolute atomic E-state index is 13.8. The Morgan fingerprint density at radius 2 is 1.60 bits per heavy atom. The zero-order chi connectivity index (χ0) is 30.8. The molecule has 2 saturated carbocycles. The number of likely N-dealkylation sites (tertiary alicyclic amines) is 1. The molecule has 2 aliphatic carbocycles. The third-order valence-corrected chi connectivity index (χ3v) is 9.66. The number of benzene rings is 2. The zero-order valence-corrected chi connectivity index (χ0v) is 25.4. The summed E-state index contributed by atoms with van der Waals surface area (Å²) in [4.78, 5) is 29.0. The Balaban J connectivity index is 1.16. The SMILES string of the molecule is CCC(=Cc1ccccc1)C1CC1N(C(=O)C(F)(F)F)C1CC2(CCN(CC(C)(C)C(=O)OCc3ccccc3)CC2)C1. The summed E-state index contributed by atoms with van der Waals surface area (Å²) in [5.41, 5.74) is 2.35. The largest absolute Gasteiger partial charge is 0.471 e. The number of esters is 1. The van der Waals surface area contributed by atoms with E-state index in [4.69, 9.17) is 4.74 Å². The minimum atomic E-state index is -4.88. The minimum Gasteiger partial charge on any atom is -0.460 e. The molecule has 43 heavy (non-hydrogen) atoms. The van der Waals surface area contributed by atoms with Gasteiger partial charge in [-0.2, -0.15) is 13.2 Å². The topological polar surface area (TPSA) is 49.9 Å². The zero-order valence-electron chi connectivity index (χ0n) is 25.4. The average Bonchev–Trinajstić information content (AvgIpc) is 3.75. The van der Waals surface area contributed by atoms with E-state index in [1.54, 1.807) is 0 Å². The van der Waals surface area contributed by atoms with Crippen molar-refractivity contribution in [2.45, 2.75) is 84.2 Å². The summed E-state index contributed by atoms with van der Waals surface area (Å²) in [6.45, 7) is 8.18. The van der Waals surface area contributed by atoms with Crippen molar-refractivity contribution in [3.05, 3.63) is 77.4 Å². The van der Waals surface area contributed by atoms with Crippen LogP contribution in [0.4, 0.5) is 13.2 Å². The van der Waals surface area contributed by atoms with Gasteiger partial charge in [0.05, 0.1) is 5.41 Å². The monoisotopic (exact) mass is 596 g/mol. The summed E-state index contributed by atoms with van der Waals surface area (Å²) in [5, 5.41) is 0. The van der Waals surface area contributed by atoms with Gasteiger partial charge < -0.3 is 14.5 Å². The highest BCUT2D eigenvalue weighted by atomic mass is 19.4. The Morgan fingerprint density at radius 3 is 2.19 bits per heavy atom. The van der Waals surface area contributed by atoms with E-state index in [2.05, 4.69) is 11.0 Å². The van der Waals surface area contributed by atoms with Gasteiger partial charge in [-0.05, 0) is 82.0 Å². The lowest BCUT2D eigenvalue weighted by Crippen LogP contribution is -2.59. The van der Waals surface area contributed by atoms with Crippen LogP contribution in [0.25, 0.3) is 6.08 Å². The van der Waals surface area contributed by atoms with Crippen molar-refractivity contribution in [1.82, 2.24) is 9.80 Å². The van der Waals surface area contributed by atoms with Gasteiger partial charge >= 0.3 is 18.1 Å². The minimum absolute atomic E-state index is 0.0289. The number of halogens is 3. The van der Waals surface area contributed by atoms with E-state index < -0.39 is 23.5 Å². The molecular formula is C35H43F3N2O3. The molecular weight excluding hydrogens is 553 g/mol. The molecule has 2 atom stereocenters. The fourth-order valence-electron chi connectivity index (χ4n) is 7.13. The maximum Gasteiger partial charge on any atom is 0.471 e. The number of rotatable bonds is 10. The van der Waals surface area contributed by atoms with E-state index in [-0.39, 0.29) is 30.0 Å². The number of hydrogen-bond donors (Lipinski definition) is 0. The molecule has 232 valence electrons. The Bertz CT molecular complexity index is 1290. The molecule has 3 fully saturated rings. The van der Waals surface area contributed by atoms with Crippen molar-refractivity contribution in [3.8, 4) is 0 Å². The molecule has 0 radical (unpaired) electrons. The van der Waals surface area contributed by atoms with Gasteiger partial charge in [-0.15, -0.1) is 0 Å². The molecule has 0 aromatic heterocycles. The fraction of sp³-hybridized carbons (Fsp3) is 0.543. The molecule has 5 nitrogen and oxygen atoms in total.